The first-order chi connectivity index (χ1) is 9.40. The summed E-state index contributed by atoms with van der Waals surface area (Å²) in [4.78, 5) is 13.9. The zero-order valence-electron chi connectivity index (χ0n) is 11.3. The summed E-state index contributed by atoms with van der Waals surface area (Å²) in [6.45, 7) is 4.36. The molecule has 7 heteroatoms. The monoisotopic (exact) mass is 345 g/mol. The Kier molecular flexibility index (Phi) is 5.94. The molecular formula is C13H17BrFN3O2. The summed E-state index contributed by atoms with van der Waals surface area (Å²) < 4.78 is 13.4. The van der Waals surface area contributed by atoms with Crippen LogP contribution in [0.4, 0.5) is 4.39 Å². The van der Waals surface area contributed by atoms with Gasteiger partial charge in [-0.3, -0.25) is 4.79 Å². The van der Waals surface area contributed by atoms with Gasteiger partial charge in [0.2, 0.25) is 0 Å². The second kappa shape index (κ2) is 7.23. The van der Waals surface area contributed by atoms with Gasteiger partial charge in [-0.2, -0.15) is 0 Å². The van der Waals surface area contributed by atoms with Crippen molar-refractivity contribution in [2.24, 2.45) is 16.8 Å². The number of nitrogens with zero attached hydrogens (tertiary/aromatic N) is 2. The molecule has 1 atom stereocenters. The van der Waals surface area contributed by atoms with E-state index in [-0.39, 0.29) is 17.7 Å². The van der Waals surface area contributed by atoms with Crippen molar-refractivity contribution < 1.29 is 14.4 Å². The standard InChI is InChI=1S/C13H17BrFN3O2/c1-3-18(7-8(2)12(16)17-20)13(19)10-5-4-9(15)6-11(10)14/h4-6,8,20H,3,7H2,1-2H3,(H2,16,17). The average molecular weight is 346 g/mol. The van der Waals surface area contributed by atoms with Crippen LogP contribution in [0.25, 0.3) is 0 Å². The fourth-order valence-corrected chi connectivity index (χ4v) is 2.23. The molecule has 0 aliphatic heterocycles. The highest BCUT2D eigenvalue weighted by atomic mass is 79.9. The fraction of sp³-hybridized carbons (Fsp3) is 0.385. The number of oxime groups is 1. The maximum absolute atomic E-state index is 13.0. The van der Waals surface area contributed by atoms with E-state index in [2.05, 4.69) is 21.1 Å². The van der Waals surface area contributed by atoms with Gasteiger partial charge in [0.25, 0.3) is 5.91 Å². The van der Waals surface area contributed by atoms with Crippen LogP contribution in [0.1, 0.15) is 24.2 Å². The van der Waals surface area contributed by atoms with Gasteiger partial charge >= 0.3 is 0 Å². The third-order valence-electron chi connectivity index (χ3n) is 2.95. The van der Waals surface area contributed by atoms with Gasteiger partial charge in [0, 0.05) is 23.5 Å². The Balaban J connectivity index is 2.92. The number of carbonyl (C=O) groups is 1. The fourth-order valence-electron chi connectivity index (χ4n) is 1.71. The lowest BCUT2D eigenvalue weighted by Crippen LogP contribution is -2.38. The molecule has 0 radical (unpaired) electrons. The molecule has 1 aromatic carbocycles. The van der Waals surface area contributed by atoms with Crippen LogP contribution in [-0.2, 0) is 0 Å². The molecule has 0 saturated heterocycles. The topological polar surface area (TPSA) is 78.9 Å². The van der Waals surface area contributed by atoms with E-state index in [0.717, 1.165) is 0 Å². The highest BCUT2D eigenvalue weighted by Gasteiger charge is 2.20. The Bertz CT molecular complexity index is 522. The highest BCUT2D eigenvalue weighted by Crippen LogP contribution is 2.20. The maximum atomic E-state index is 13.0. The number of amides is 1. The minimum Gasteiger partial charge on any atom is -0.409 e. The predicted molar refractivity (Wildman–Crippen MR) is 78.3 cm³/mol. The van der Waals surface area contributed by atoms with Crippen LogP contribution < -0.4 is 5.73 Å². The zero-order valence-corrected chi connectivity index (χ0v) is 12.9. The third-order valence-corrected chi connectivity index (χ3v) is 3.60. The minimum atomic E-state index is -0.415. The van der Waals surface area contributed by atoms with Gasteiger partial charge in [0.05, 0.1) is 5.56 Å². The van der Waals surface area contributed by atoms with Gasteiger partial charge in [0.15, 0.2) is 0 Å². The molecule has 0 fully saturated rings. The molecule has 1 aromatic rings. The lowest BCUT2D eigenvalue weighted by Gasteiger charge is -2.24. The number of benzene rings is 1. The Labute approximate surface area is 125 Å². The SMILES string of the molecule is CCN(CC(C)C(N)=NO)C(=O)c1ccc(F)cc1Br. The molecule has 1 rings (SSSR count). The lowest BCUT2D eigenvalue weighted by atomic mass is 10.1. The first kappa shape index (κ1) is 16.4. The van der Waals surface area contributed by atoms with Gasteiger partial charge in [-0.25, -0.2) is 4.39 Å². The molecule has 0 heterocycles. The van der Waals surface area contributed by atoms with E-state index in [9.17, 15) is 9.18 Å². The van der Waals surface area contributed by atoms with Crippen LogP contribution in [0.3, 0.4) is 0 Å². The summed E-state index contributed by atoms with van der Waals surface area (Å²) in [6, 6.07) is 3.91. The van der Waals surface area contributed by atoms with Gasteiger partial charge < -0.3 is 15.8 Å². The van der Waals surface area contributed by atoms with Gasteiger partial charge in [-0.1, -0.05) is 12.1 Å². The Morgan fingerprint density at radius 1 is 1.60 bits per heavy atom. The predicted octanol–water partition coefficient (Wildman–Crippen LogP) is 2.43. The summed E-state index contributed by atoms with van der Waals surface area (Å²) in [6.07, 6.45) is 0. The number of carbonyl (C=O) groups excluding carboxylic acids is 1. The molecule has 1 unspecified atom stereocenters. The van der Waals surface area contributed by atoms with E-state index in [1.54, 1.807) is 11.8 Å². The Hall–Kier alpha value is -1.63. The van der Waals surface area contributed by atoms with E-state index in [4.69, 9.17) is 10.9 Å². The Morgan fingerprint density at radius 2 is 2.25 bits per heavy atom. The average Bonchev–Trinajstić information content (AvgIpc) is 2.42. The first-order valence-electron chi connectivity index (χ1n) is 6.12. The number of rotatable bonds is 5. The normalized spacial score (nSPS) is 13.1. The van der Waals surface area contributed by atoms with Crippen LogP contribution >= 0.6 is 15.9 Å². The van der Waals surface area contributed by atoms with Gasteiger partial charge in [-0.15, -0.1) is 0 Å². The van der Waals surface area contributed by atoms with E-state index in [1.807, 2.05) is 6.92 Å². The second-order valence-corrected chi connectivity index (χ2v) is 5.25. The molecule has 0 spiro atoms. The number of hydrogen-bond acceptors (Lipinski definition) is 3. The number of nitrogens with two attached hydrogens (primary N) is 1. The molecule has 0 bridgehead atoms. The molecule has 0 saturated carbocycles. The van der Waals surface area contributed by atoms with Crippen molar-refractivity contribution in [1.82, 2.24) is 4.90 Å². The van der Waals surface area contributed by atoms with E-state index < -0.39 is 5.82 Å². The molecule has 3 N–H and O–H groups in total. The summed E-state index contributed by atoms with van der Waals surface area (Å²) in [5.41, 5.74) is 5.89. The highest BCUT2D eigenvalue weighted by molar-refractivity contribution is 9.10. The first-order valence-corrected chi connectivity index (χ1v) is 6.91. The second-order valence-electron chi connectivity index (χ2n) is 4.39. The summed E-state index contributed by atoms with van der Waals surface area (Å²) in [5.74, 6) is -0.865. The number of amidine groups is 1. The molecule has 110 valence electrons. The maximum Gasteiger partial charge on any atom is 0.255 e. The van der Waals surface area contributed by atoms with Crippen LogP contribution in [0.15, 0.2) is 27.8 Å². The van der Waals surface area contributed by atoms with Gasteiger partial charge in [0.1, 0.15) is 11.7 Å². The van der Waals surface area contributed by atoms with Crippen molar-refractivity contribution in [3.63, 3.8) is 0 Å². The smallest absolute Gasteiger partial charge is 0.255 e. The van der Waals surface area contributed by atoms with Crippen molar-refractivity contribution in [3.8, 4) is 0 Å². The molecule has 20 heavy (non-hydrogen) atoms. The largest absolute Gasteiger partial charge is 0.409 e. The van der Waals surface area contributed by atoms with E-state index in [1.165, 1.54) is 18.2 Å². The molecule has 5 nitrogen and oxygen atoms in total. The molecule has 0 aliphatic rings. The lowest BCUT2D eigenvalue weighted by molar-refractivity contribution is 0.0753. The van der Waals surface area contributed by atoms with Crippen LogP contribution in [0.5, 0.6) is 0 Å². The molecular weight excluding hydrogens is 329 g/mol. The van der Waals surface area contributed by atoms with Crippen molar-refractivity contribution in [1.29, 1.82) is 0 Å². The van der Waals surface area contributed by atoms with Gasteiger partial charge in [-0.05, 0) is 41.1 Å². The minimum absolute atomic E-state index is 0.0643. The van der Waals surface area contributed by atoms with E-state index >= 15 is 0 Å². The molecule has 0 aliphatic carbocycles. The third kappa shape index (κ3) is 3.93. The number of halogens is 2. The van der Waals surface area contributed by atoms with Crippen molar-refractivity contribution in [3.05, 3.63) is 34.1 Å². The van der Waals surface area contributed by atoms with Crippen LogP contribution in [0, 0.1) is 11.7 Å². The summed E-state index contributed by atoms with van der Waals surface area (Å²) >= 11 is 3.18. The Morgan fingerprint density at radius 3 is 2.75 bits per heavy atom. The molecule has 0 aromatic heterocycles. The quantitative estimate of drug-likeness (QED) is 0.372. The molecule has 1 amide bonds. The summed E-state index contributed by atoms with van der Waals surface area (Å²) in [7, 11) is 0. The van der Waals surface area contributed by atoms with Crippen molar-refractivity contribution in [2.45, 2.75) is 13.8 Å². The van der Waals surface area contributed by atoms with E-state index in [0.29, 0.717) is 23.1 Å². The number of hydrogen-bond donors (Lipinski definition) is 2. The van der Waals surface area contributed by atoms with Crippen molar-refractivity contribution in [2.75, 3.05) is 13.1 Å². The van der Waals surface area contributed by atoms with Crippen molar-refractivity contribution >= 4 is 27.7 Å². The zero-order chi connectivity index (χ0) is 15.3. The summed E-state index contributed by atoms with van der Waals surface area (Å²) in [5, 5.41) is 11.6. The van der Waals surface area contributed by atoms with Crippen LogP contribution in [-0.4, -0.2) is 34.9 Å². The van der Waals surface area contributed by atoms with Crippen LogP contribution in [0.2, 0.25) is 0 Å².